The van der Waals surface area contributed by atoms with Crippen molar-refractivity contribution in [2.24, 2.45) is 5.92 Å². The van der Waals surface area contributed by atoms with E-state index in [1.807, 2.05) is 0 Å². The molecule has 0 aromatic heterocycles. The second-order valence-corrected chi connectivity index (χ2v) is 12.7. The van der Waals surface area contributed by atoms with Crippen molar-refractivity contribution in [3.05, 3.63) is 70.4 Å². The largest absolute Gasteiger partial charge is 0.489 e. The molecule has 0 saturated carbocycles. The Kier molecular flexibility index (Phi) is 5.26. The Bertz CT molecular complexity index is 1470. The highest BCUT2D eigenvalue weighted by molar-refractivity contribution is 7.92. The molecule has 2 aromatic rings. The van der Waals surface area contributed by atoms with Crippen LogP contribution in [0.4, 0.5) is 22.0 Å². The summed E-state index contributed by atoms with van der Waals surface area (Å²) in [5, 5.41) is 0. The molecular weight excluding hydrogens is 517 g/mol. The van der Waals surface area contributed by atoms with Gasteiger partial charge in [-0.3, -0.25) is 4.72 Å². The Hall–Kier alpha value is -2.67. The summed E-state index contributed by atoms with van der Waals surface area (Å²) in [5.74, 6) is -4.02. The van der Waals surface area contributed by atoms with Crippen LogP contribution in [0.2, 0.25) is 0 Å². The van der Waals surface area contributed by atoms with E-state index >= 15 is 4.39 Å². The highest BCUT2D eigenvalue weighted by atomic mass is 32.2. The van der Waals surface area contributed by atoms with Crippen LogP contribution >= 0.6 is 0 Å². The van der Waals surface area contributed by atoms with E-state index < -0.39 is 70.1 Å². The van der Waals surface area contributed by atoms with Crippen molar-refractivity contribution >= 4 is 19.9 Å². The predicted octanol–water partition coefficient (Wildman–Crippen LogP) is 4.03. The summed E-state index contributed by atoms with van der Waals surface area (Å²) >= 11 is 0. The minimum atomic E-state index is -4.70. The van der Waals surface area contributed by atoms with Crippen LogP contribution in [0.25, 0.3) is 0 Å². The first-order valence-corrected chi connectivity index (χ1v) is 13.7. The summed E-state index contributed by atoms with van der Waals surface area (Å²) in [7, 11) is -8.27. The standard InChI is InChI=1S/C22H18F5NO5S2/c23-16-5-6-17(24)20-19(16)21(35(31,32)13-3-1-12(2-4-13)22(25,26)27)9-7-18-14(15(21)11-33-20)8-10-34(29,30)28-18/h1-6,15,28H,7-11H2/t15-,21?/m0/s1. The first kappa shape index (κ1) is 24.0. The average molecular weight is 536 g/mol. The fraction of sp³-hybridized carbons (Fsp3) is 0.364. The van der Waals surface area contributed by atoms with Crippen LogP contribution in [0, 0.1) is 17.6 Å². The van der Waals surface area contributed by atoms with Crippen molar-refractivity contribution < 1.29 is 43.5 Å². The Labute approximate surface area is 197 Å². The van der Waals surface area contributed by atoms with E-state index in [1.54, 1.807) is 0 Å². The van der Waals surface area contributed by atoms with E-state index in [9.17, 15) is 34.4 Å². The zero-order valence-electron chi connectivity index (χ0n) is 17.8. The molecule has 2 atom stereocenters. The highest BCUT2D eigenvalue weighted by Gasteiger charge is 2.61. The molecule has 2 aromatic carbocycles. The molecule has 1 aliphatic carbocycles. The number of nitrogens with one attached hydrogen (secondary N) is 1. The number of sulfonamides is 1. The Morgan fingerprint density at radius 1 is 1.00 bits per heavy atom. The van der Waals surface area contributed by atoms with Gasteiger partial charge in [-0.25, -0.2) is 25.6 Å². The van der Waals surface area contributed by atoms with E-state index in [4.69, 9.17) is 4.74 Å². The summed E-state index contributed by atoms with van der Waals surface area (Å²) in [5.41, 5.74) is -0.918. The van der Waals surface area contributed by atoms with Gasteiger partial charge in [0.15, 0.2) is 21.4 Å². The lowest BCUT2D eigenvalue weighted by atomic mass is 9.70. The molecule has 0 amide bonds. The lowest BCUT2D eigenvalue weighted by Gasteiger charge is -2.49. The van der Waals surface area contributed by atoms with Crippen LogP contribution in [-0.4, -0.2) is 29.2 Å². The summed E-state index contributed by atoms with van der Waals surface area (Å²) in [4.78, 5) is -0.493. The number of halogens is 5. The minimum Gasteiger partial charge on any atom is -0.489 e. The molecule has 6 nitrogen and oxygen atoms in total. The Morgan fingerprint density at radius 3 is 2.31 bits per heavy atom. The van der Waals surface area contributed by atoms with Crippen molar-refractivity contribution in [3.63, 3.8) is 0 Å². The van der Waals surface area contributed by atoms with Gasteiger partial charge in [-0.05, 0) is 61.2 Å². The number of sulfone groups is 1. The molecule has 0 radical (unpaired) electrons. The quantitative estimate of drug-likeness (QED) is 0.587. The molecule has 3 aliphatic rings. The van der Waals surface area contributed by atoms with Gasteiger partial charge in [0.05, 0.1) is 28.4 Å². The zero-order valence-corrected chi connectivity index (χ0v) is 19.5. The van der Waals surface area contributed by atoms with Gasteiger partial charge in [-0.2, -0.15) is 13.2 Å². The van der Waals surface area contributed by atoms with Crippen molar-refractivity contribution in [1.82, 2.24) is 4.72 Å². The number of hydrogen-bond donors (Lipinski definition) is 1. The van der Waals surface area contributed by atoms with Crippen LogP contribution in [0.3, 0.4) is 0 Å². The Balaban J connectivity index is 1.76. The number of ether oxygens (including phenoxy) is 1. The number of fused-ring (bicyclic) bond motifs is 4. The SMILES string of the molecule is O=S1(=O)CCC2=C(CCC3(S(=O)(=O)c4ccc(C(F)(F)F)cc4)c4c(F)ccc(F)c4OC[C@@H]23)N1. The van der Waals surface area contributed by atoms with Crippen LogP contribution in [0.15, 0.2) is 52.6 Å². The Morgan fingerprint density at radius 2 is 1.66 bits per heavy atom. The third-order valence-corrected chi connectivity index (χ3v) is 10.7. The van der Waals surface area contributed by atoms with Crippen molar-refractivity contribution in [3.8, 4) is 5.75 Å². The normalized spacial score (nSPS) is 25.6. The highest BCUT2D eigenvalue weighted by Crippen LogP contribution is 2.58. The van der Waals surface area contributed by atoms with Crippen LogP contribution in [0.1, 0.15) is 30.4 Å². The summed E-state index contributed by atoms with van der Waals surface area (Å²) < 4.78 is 127. The molecule has 0 saturated heterocycles. The third kappa shape index (κ3) is 3.53. The zero-order chi connectivity index (χ0) is 25.4. The lowest BCUT2D eigenvalue weighted by Crippen LogP contribution is -2.54. The van der Waals surface area contributed by atoms with Gasteiger partial charge in [-0.1, -0.05) is 0 Å². The second-order valence-electron chi connectivity index (χ2n) is 8.69. The molecule has 13 heteroatoms. The number of alkyl halides is 3. The third-order valence-electron chi connectivity index (χ3n) is 6.88. The fourth-order valence-corrected chi connectivity index (χ4v) is 8.85. The van der Waals surface area contributed by atoms with Crippen LogP contribution in [0.5, 0.6) is 5.75 Å². The van der Waals surface area contributed by atoms with Crippen LogP contribution < -0.4 is 9.46 Å². The number of hydrogen-bond acceptors (Lipinski definition) is 5. The molecule has 188 valence electrons. The van der Waals surface area contributed by atoms with Crippen molar-refractivity contribution in [2.75, 3.05) is 12.4 Å². The van der Waals surface area contributed by atoms with Gasteiger partial charge in [0.1, 0.15) is 10.6 Å². The second kappa shape index (κ2) is 7.66. The maximum absolute atomic E-state index is 15.3. The summed E-state index contributed by atoms with van der Waals surface area (Å²) in [6.45, 7) is -0.381. The minimum absolute atomic E-state index is 0.0464. The molecule has 0 spiro atoms. The summed E-state index contributed by atoms with van der Waals surface area (Å²) in [6.07, 6.45) is -5.19. The van der Waals surface area contributed by atoms with Gasteiger partial charge in [0.2, 0.25) is 10.0 Å². The molecule has 35 heavy (non-hydrogen) atoms. The average Bonchev–Trinajstić information content (AvgIpc) is 2.79. The van der Waals surface area contributed by atoms with Gasteiger partial charge < -0.3 is 4.74 Å². The molecule has 5 rings (SSSR count). The summed E-state index contributed by atoms with van der Waals surface area (Å²) in [6, 6.07) is 4.39. The molecule has 0 bridgehead atoms. The first-order valence-electron chi connectivity index (χ1n) is 10.5. The first-order chi connectivity index (χ1) is 16.3. The van der Waals surface area contributed by atoms with E-state index in [1.165, 1.54) is 0 Å². The van der Waals surface area contributed by atoms with Crippen LogP contribution in [-0.2, 0) is 30.8 Å². The monoisotopic (exact) mass is 535 g/mol. The maximum Gasteiger partial charge on any atom is 0.416 e. The van der Waals surface area contributed by atoms with E-state index in [0.29, 0.717) is 17.7 Å². The van der Waals surface area contributed by atoms with Gasteiger partial charge in [0, 0.05) is 11.6 Å². The number of benzene rings is 2. The molecule has 1 unspecified atom stereocenters. The van der Waals surface area contributed by atoms with Crippen molar-refractivity contribution in [1.29, 1.82) is 0 Å². The number of allylic oxidation sites excluding steroid dienone is 1. The van der Waals surface area contributed by atoms with E-state index in [2.05, 4.69) is 4.72 Å². The molecule has 1 N–H and O–H groups in total. The smallest absolute Gasteiger partial charge is 0.416 e. The van der Waals surface area contributed by atoms with E-state index in [0.717, 1.165) is 24.3 Å². The molecular formula is C22H18F5NO5S2. The molecule has 2 heterocycles. The lowest BCUT2D eigenvalue weighted by molar-refractivity contribution is -0.137. The molecule has 2 aliphatic heterocycles. The van der Waals surface area contributed by atoms with Gasteiger partial charge >= 0.3 is 6.18 Å². The molecule has 0 fully saturated rings. The fourth-order valence-electron chi connectivity index (χ4n) is 5.32. The van der Waals surface area contributed by atoms with Crippen molar-refractivity contribution in [2.45, 2.75) is 35.1 Å². The van der Waals surface area contributed by atoms with Gasteiger partial charge in [-0.15, -0.1) is 0 Å². The predicted molar refractivity (Wildman–Crippen MR) is 113 cm³/mol. The number of rotatable bonds is 2. The topological polar surface area (TPSA) is 89.5 Å². The van der Waals surface area contributed by atoms with Gasteiger partial charge in [0.25, 0.3) is 0 Å². The van der Waals surface area contributed by atoms with E-state index in [-0.39, 0.29) is 37.3 Å². The maximum atomic E-state index is 15.3.